The van der Waals surface area contributed by atoms with E-state index in [9.17, 15) is 0 Å². The Bertz CT molecular complexity index is 401. The monoisotopic (exact) mass is 240 g/mol. The summed E-state index contributed by atoms with van der Waals surface area (Å²) in [5.41, 5.74) is 0. The molecule has 1 aromatic carbocycles. The van der Waals surface area contributed by atoms with Gasteiger partial charge in [0.05, 0.1) is 0 Å². The van der Waals surface area contributed by atoms with Crippen LogP contribution in [0.1, 0.15) is 5.82 Å². The molecule has 0 atom stereocenters. The van der Waals surface area contributed by atoms with Gasteiger partial charge in [0.25, 0.3) is 0 Å². The molecule has 1 heterocycles. The summed E-state index contributed by atoms with van der Waals surface area (Å²) in [6.45, 7) is 0. The Morgan fingerprint density at radius 1 is 1.27 bits per heavy atom. The second-order valence-electron chi connectivity index (χ2n) is 2.88. The highest BCUT2D eigenvalue weighted by molar-refractivity contribution is 7.99. The molecule has 0 bridgehead atoms. The number of halogens is 1. The van der Waals surface area contributed by atoms with Crippen LogP contribution in [0.4, 0.5) is 0 Å². The van der Waals surface area contributed by atoms with E-state index in [2.05, 4.69) is 20.6 Å². The first-order chi connectivity index (χ1) is 7.34. The van der Waals surface area contributed by atoms with Crippen molar-refractivity contribution < 1.29 is 0 Å². The maximum atomic E-state index is 5.79. The number of H-pyrrole nitrogens is 1. The summed E-state index contributed by atoms with van der Waals surface area (Å²) in [5, 5.41) is 14.4. The second kappa shape index (κ2) is 5.14. The van der Waals surface area contributed by atoms with Crippen molar-refractivity contribution in [3.63, 3.8) is 0 Å². The Labute approximate surface area is 96.4 Å². The van der Waals surface area contributed by atoms with Gasteiger partial charge < -0.3 is 0 Å². The largest absolute Gasteiger partial charge is 0.177 e. The number of aromatic nitrogens is 4. The van der Waals surface area contributed by atoms with Gasteiger partial charge in [0.15, 0.2) is 5.82 Å². The van der Waals surface area contributed by atoms with Gasteiger partial charge in [0.2, 0.25) is 0 Å². The number of aryl methyl sites for hydroxylation is 1. The summed E-state index contributed by atoms with van der Waals surface area (Å²) in [6, 6.07) is 7.78. The first kappa shape index (κ1) is 10.4. The third kappa shape index (κ3) is 3.21. The molecule has 0 saturated heterocycles. The molecule has 0 amide bonds. The number of hydrogen-bond donors (Lipinski definition) is 1. The van der Waals surface area contributed by atoms with Crippen LogP contribution in [-0.4, -0.2) is 26.4 Å². The molecule has 1 aromatic heterocycles. The third-order valence-corrected chi connectivity index (χ3v) is 3.06. The summed E-state index contributed by atoms with van der Waals surface area (Å²) >= 11 is 7.53. The molecule has 78 valence electrons. The second-order valence-corrected chi connectivity index (χ2v) is 4.49. The Morgan fingerprint density at radius 3 is 2.73 bits per heavy atom. The maximum Gasteiger partial charge on any atom is 0.175 e. The molecule has 1 N–H and O–H groups in total. The SMILES string of the molecule is Clc1ccc(SCCc2nn[nH]n2)cc1. The van der Waals surface area contributed by atoms with Crippen LogP contribution < -0.4 is 0 Å². The number of nitrogens with zero attached hydrogens (tertiary/aromatic N) is 3. The van der Waals surface area contributed by atoms with Crippen molar-refractivity contribution in [1.29, 1.82) is 0 Å². The Kier molecular flexibility index (Phi) is 3.58. The minimum Gasteiger partial charge on any atom is -0.177 e. The van der Waals surface area contributed by atoms with Crippen LogP contribution in [0.2, 0.25) is 5.02 Å². The fraction of sp³-hybridized carbons (Fsp3) is 0.222. The van der Waals surface area contributed by atoms with Gasteiger partial charge in [-0.25, -0.2) is 0 Å². The molecule has 0 aliphatic carbocycles. The van der Waals surface area contributed by atoms with E-state index in [1.807, 2.05) is 24.3 Å². The quantitative estimate of drug-likeness (QED) is 0.833. The lowest BCUT2D eigenvalue weighted by Gasteiger charge is -1.99. The predicted molar refractivity (Wildman–Crippen MR) is 60.1 cm³/mol. The topological polar surface area (TPSA) is 54.5 Å². The fourth-order valence-electron chi connectivity index (χ4n) is 1.08. The first-order valence-electron chi connectivity index (χ1n) is 4.45. The highest BCUT2D eigenvalue weighted by Gasteiger charge is 1.99. The van der Waals surface area contributed by atoms with E-state index in [1.165, 1.54) is 4.90 Å². The lowest BCUT2D eigenvalue weighted by Crippen LogP contribution is -1.91. The van der Waals surface area contributed by atoms with E-state index in [0.29, 0.717) is 0 Å². The molecule has 2 rings (SSSR count). The van der Waals surface area contributed by atoms with Gasteiger partial charge in [-0.1, -0.05) is 16.8 Å². The van der Waals surface area contributed by atoms with Crippen LogP contribution in [0.3, 0.4) is 0 Å². The summed E-state index contributed by atoms with van der Waals surface area (Å²) in [4.78, 5) is 1.20. The molecule has 0 spiro atoms. The zero-order valence-electron chi connectivity index (χ0n) is 7.85. The van der Waals surface area contributed by atoms with Gasteiger partial charge in [0, 0.05) is 22.1 Å². The minimum atomic E-state index is 0.747. The van der Waals surface area contributed by atoms with Gasteiger partial charge in [-0.05, 0) is 24.3 Å². The summed E-state index contributed by atoms with van der Waals surface area (Å²) in [6.07, 6.45) is 0.809. The van der Waals surface area contributed by atoms with Crippen LogP contribution in [0, 0.1) is 0 Å². The van der Waals surface area contributed by atoms with Gasteiger partial charge >= 0.3 is 0 Å². The number of rotatable bonds is 4. The molecule has 2 aromatic rings. The zero-order chi connectivity index (χ0) is 10.5. The average molecular weight is 241 g/mol. The average Bonchev–Trinajstić information content (AvgIpc) is 2.74. The van der Waals surface area contributed by atoms with Crippen LogP contribution in [-0.2, 0) is 6.42 Å². The number of nitrogens with one attached hydrogen (secondary N) is 1. The van der Waals surface area contributed by atoms with Crippen molar-refractivity contribution in [2.75, 3.05) is 5.75 Å². The smallest absolute Gasteiger partial charge is 0.175 e. The van der Waals surface area contributed by atoms with Crippen molar-refractivity contribution in [2.45, 2.75) is 11.3 Å². The van der Waals surface area contributed by atoms with Crippen molar-refractivity contribution >= 4 is 23.4 Å². The van der Waals surface area contributed by atoms with E-state index < -0.39 is 0 Å². The van der Waals surface area contributed by atoms with Crippen LogP contribution >= 0.6 is 23.4 Å². The molecule has 0 fully saturated rings. The molecule has 15 heavy (non-hydrogen) atoms. The highest BCUT2D eigenvalue weighted by atomic mass is 35.5. The first-order valence-corrected chi connectivity index (χ1v) is 5.81. The third-order valence-electron chi connectivity index (χ3n) is 1.80. The van der Waals surface area contributed by atoms with Gasteiger partial charge in [-0.3, -0.25) is 0 Å². The highest BCUT2D eigenvalue weighted by Crippen LogP contribution is 2.20. The lowest BCUT2D eigenvalue weighted by atomic mass is 10.4. The predicted octanol–water partition coefficient (Wildman–Crippen LogP) is 2.19. The molecule has 0 aliphatic rings. The normalized spacial score (nSPS) is 10.5. The molecule has 4 nitrogen and oxygen atoms in total. The molecule has 0 aliphatic heterocycles. The minimum absolute atomic E-state index is 0.747. The Morgan fingerprint density at radius 2 is 2.07 bits per heavy atom. The number of thioether (sulfide) groups is 1. The zero-order valence-corrected chi connectivity index (χ0v) is 9.42. The van der Waals surface area contributed by atoms with E-state index in [-0.39, 0.29) is 0 Å². The van der Waals surface area contributed by atoms with Gasteiger partial charge in [-0.2, -0.15) is 5.21 Å². The molecule has 0 radical (unpaired) electrons. The van der Waals surface area contributed by atoms with E-state index in [0.717, 1.165) is 23.0 Å². The molecule has 0 unspecified atom stereocenters. The van der Waals surface area contributed by atoms with E-state index in [1.54, 1.807) is 11.8 Å². The molecular weight excluding hydrogens is 232 g/mol. The van der Waals surface area contributed by atoms with Crippen LogP contribution in [0.5, 0.6) is 0 Å². The summed E-state index contributed by atoms with van der Waals surface area (Å²) in [5.74, 6) is 1.68. The summed E-state index contributed by atoms with van der Waals surface area (Å²) < 4.78 is 0. The fourth-order valence-corrected chi connectivity index (χ4v) is 2.05. The molecular formula is C9H9ClN4S. The Hall–Kier alpha value is -1.07. The molecule has 6 heteroatoms. The Balaban J connectivity index is 1.81. The summed E-state index contributed by atoms with van der Waals surface area (Å²) in [7, 11) is 0. The lowest BCUT2D eigenvalue weighted by molar-refractivity contribution is 0.881. The number of tetrazole rings is 1. The van der Waals surface area contributed by atoms with Crippen molar-refractivity contribution in [1.82, 2.24) is 20.6 Å². The van der Waals surface area contributed by atoms with Crippen molar-refractivity contribution in [2.24, 2.45) is 0 Å². The van der Waals surface area contributed by atoms with Crippen molar-refractivity contribution in [3.8, 4) is 0 Å². The van der Waals surface area contributed by atoms with Crippen LogP contribution in [0.25, 0.3) is 0 Å². The van der Waals surface area contributed by atoms with Crippen LogP contribution in [0.15, 0.2) is 29.2 Å². The standard InChI is InChI=1S/C9H9ClN4S/c10-7-1-3-8(4-2-7)15-6-5-9-11-13-14-12-9/h1-4H,5-6H2,(H,11,12,13,14). The van der Waals surface area contributed by atoms with Gasteiger partial charge in [-0.15, -0.1) is 22.0 Å². The van der Waals surface area contributed by atoms with Gasteiger partial charge in [0.1, 0.15) is 0 Å². The maximum absolute atomic E-state index is 5.79. The number of aromatic amines is 1. The van der Waals surface area contributed by atoms with Crippen molar-refractivity contribution in [3.05, 3.63) is 35.1 Å². The number of benzene rings is 1. The number of hydrogen-bond acceptors (Lipinski definition) is 4. The van der Waals surface area contributed by atoms with E-state index in [4.69, 9.17) is 11.6 Å². The molecule has 0 saturated carbocycles. The van der Waals surface area contributed by atoms with E-state index >= 15 is 0 Å².